The van der Waals surface area contributed by atoms with Crippen LogP contribution in [0.1, 0.15) is 24.9 Å². The van der Waals surface area contributed by atoms with Gasteiger partial charge in [0.2, 0.25) is 0 Å². The summed E-state index contributed by atoms with van der Waals surface area (Å²) in [7, 11) is 0. The third-order valence-electron chi connectivity index (χ3n) is 2.51. The molecule has 1 aromatic heterocycles. The lowest BCUT2D eigenvalue weighted by atomic mass is 10.1. The third kappa shape index (κ3) is 4.49. The van der Waals surface area contributed by atoms with E-state index in [-0.39, 0.29) is 6.04 Å². The van der Waals surface area contributed by atoms with Gasteiger partial charge in [-0.2, -0.15) is 0 Å². The van der Waals surface area contributed by atoms with Crippen molar-refractivity contribution >= 4 is 23.1 Å². The zero-order valence-electron chi connectivity index (χ0n) is 10.8. The van der Waals surface area contributed by atoms with Gasteiger partial charge in [-0.05, 0) is 24.1 Å². The Hall–Kier alpha value is -1.11. The number of ether oxygens (including phenoxy) is 1. The van der Waals surface area contributed by atoms with Crippen LogP contribution in [0.2, 0.25) is 0 Å². The zero-order chi connectivity index (χ0) is 13.5. The van der Waals surface area contributed by atoms with Gasteiger partial charge in [0.25, 0.3) is 0 Å². The maximum Gasteiger partial charge on any atom is 0.174 e. The molecule has 1 unspecified atom stereocenters. The van der Waals surface area contributed by atoms with E-state index in [1.165, 1.54) is 11.3 Å². The van der Waals surface area contributed by atoms with Crippen molar-refractivity contribution in [3.63, 3.8) is 0 Å². The molecule has 0 aliphatic rings. The van der Waals surface area contributed by atoms with Crippen LogP contribution in [0.25, 0.3) is 0 Å². The molecule has 2 rings (SSSR count). The van der Waals surface area contributed by atoms with Crippen LogP contribution in [-0.2, 0) is 0 Å². The number of rotatable bonds is 7. The van der Waals surface area contributed by atoms with Gasteiger partial charge in [0, 0.05) is 11.8 Å². The summed E-state index contributed by atoms with van der Waals surface area (Å²) >= 11 is 3.17. The Bertz CT molecular complexity index is 473. The van der Waals surface area contributed by atoms with Crippen LogP contribution >= 0.6 is 23.1 Å². The highest BCUT2D eigenvalue weighted by Crippen LogP contribution is 2.25. The smallest absolute Gasteiger partial charge is 0.174 e. The van der Waals surface area contributed by atoms with Crippen molar-refractivity contribution in [2.45, 2.75) is 23.7 Å². The quantitative estimate of drug-likeness (QED) is 0.795. The van der Waals surface area contributed by atoms with E-state index >= 15 is 0 Å². The molecule has 0 aliphatic heterocycles. The van der Waals surface area contributed by atoms with E-state index in [1.54, 1.807) is 17.3 Å². The second kappa shape index (κ2) is 7.47. The minimum Gasteiger partial charge on any atom is -0.494 e. The number of nitrogens with zero attached hydrogens (tertiary/aromatic N) is 2. The Kier molecular flexibility index (Phi) is 5.62. The van der Waals surface area contributed by atoms with E-state index in [9.17, 15) is 0 Å². The first-order valence-corrected chi connectivity index (χ1v) is 8.03. The summed E-state index contributed by atoms with van der Waals surface area (Å²) in [5, 5.41) is 7.79. The minimum absolute atomic E-state index is 0.00544. The van der Waals surface area contributed by atoms with Crippen molar-refractivity contribution in [2.75, 3.05) is 12.4 Å². The lowest BCUT2D eigenvalue weighted by Crippen LogP contribution is -2.12. The Labute approximate surface area is 121 Å². The van der Waals surface area contributed by atoms with Gasteiger partial charge in [0.1, 0.15) is 11.3 Å². The SMILES string of the molecule is CCCOc1ccc(C(N)CSc2nncs2)cc1. The average molecular weight is 295 g/mol. The monoisotopic (exact) mass is 295 g/mol. The van der Waals surface area contributed by atoms with Gasteiger partial charge in [-0.3, -0.25) is 0 Å². The summed E-state index contributed by atoms with van der Waals surface area (Å²) in [6.45, 7) is 2.84. The van der Waals surface area contributed by atoms with E-state index < -0.39 is 0 Å². The molecule has 0 amide bonds. The van der Waals surface area contributed by atoms with E-state index in [0.29, 0.717) is 0 Å². The zero-order valence-corrected chi connectivity index (χ0v) is 12.4. The number of hydrogen-bond acceptors (Lipinski definition) is 6. The van der Waals surface area contributed by atoms with Gasteiger partial charge >= 0.3 is 0 Å². The summed E-state index contributed by atoms with van der Waals surface area (Å²) in [4.78, 5) is 0. The third-order valence-corrected chi connectivity index (χ3v) is 4.49. The molecule has 1 atom stereocenters. The van der Waals surface area contributed by atoms with Crippen LogP contribution in [0, 0.1) is 0 Å². The fourth-order valence-electron chi connectivity index (χ4n) is 1.51. The molecule has 4 nitrogen and oxygen atoms in total. The van der Waals surface area contributed by atoms with Crippen molar-refractivity contribution in [3.05, 3.63) is 35.3 Å². The number of thioether (sulfide) groups is 1. The van der Waals surface area contributed by atoms with Crippen LogP contribution in [0.15, 0.2) is 34.1 Å². The molecule has 2 N–H and O–H groups in total. The van der Waals surface area contributed by atoms with Gasteiger partial charge in [-0.25, -0.2) is 0 Å². The summed E-state index contributed by atoms with van der Waals surface area (Å²) in [5.74, 6) is 1.69. The molecule has 1 aromatic carbocycles. The molecule has 102 valence electrons. The molecule has 0 bridgehead atoms. The van der Waals surface area contributed by atoms with Crippen molar-refractivity contribution in [1.29, 1.82) is 0 Å². The highest BCUT2D eigenvalue weighted by Gasteiger charge is 2.08. The molecule has 6 heteroatoms. The standard InChI is InChI=1S/C13H17N3OS2/c1-2-7-17-11-5-3-10(4-6-11)12(14)8-18-13-16-15-9-19-13/h3-6,9,12H,2,7-8,14H2,1H3. The molecule has 0 saturated heterocycles. The molecule has 1 heterocycles. The van der Waals surface area contributed by atoms with E-state index in [0.717, 1.165) is 34.4 Å². The fourth-order valence-corrected chi connectivity index (χ4v) is 3.02. The minimum atomic E-state index is -0.00544. The molecule has 0 fully saturated rings. The van der Waals surface area contributed by atoms with Crippen LogP contribution < -0.4 is 10.5 Å². The average Bonchev–Trinajstić information content (AvgIpc) is 2.96. The Balaban J connectivity index is 1.86. The number of aromatic nitrogens is 2. The van der Waals surface area contributed by atoms with Gasteiger partial charge < -0.3 is 10.5 Å². The molecule has 0 radical (unpaired) electrons. The molecule has 0 spiro atoms. The predicted molar refractivity (Wildman–Crippen MR) is 79.8 cm³/mol. The van der Waals surface area contributed by atoms with Crippen molar-refractivity contribution < 1.29 is 4.74 Å². The summed E-state index contributed by atoms with van der Waals surface area (Å²) in [5.41, 5.74) is 9.00. The van der Waals surface area contributed by atoms with Gasteiger partial charge in [0.15, 0.2) is 4.34 Å². The van der Waals surface area contributed by atoms with Gasteiger partial charge in [-0.15, -0.1) is 10.2 Å². The lowest BCUT2D eigenvalue weighted by Gasteiger charge is -2.11. The first-order chi connectivity index (χ1) is 9.29. The molecular weight excluding hydrogens is 278 g/mol. The van der Waals surface area contributed by atoms with Gasteiger partial charge in [-0.1, -0.05) is 42.2 Å². The van der Waals surface area contributed by atoms with Crippen molar-refractivity contribution in [2.24, 2.45) is 5.73 Å². The second-order valence-corrected chi connectivity index (χ2v) is 6.14. The normalized spacial score (nSPS) is 12.3. The first kappa shape index (κ1) is 14.3. The Morgan fingerprint density at radius 3 is 2.79 bits per heavy atom. The number of benzene rings is 1. The first-order valence-electron chi connectivity index (χ1n) is 6.17. The van der Waals surface area contributed by atoms with Crippen LogP contribution in [0.4, 0.5) is 0 Å². The molecule has 0 aliphatic carbocycles. The molecule has 2 aromatic rings. The van der Waals surface area contributed by atoms with Gasteiger partial charge in [0.05, 0.1) is 6.61 Å². The maximum atomic E-state index is 6.16. The predicted octanol–water partition coefficient (Wildman–Crippen LogP) is 3.12. The lowest BCUT2D eigenvalue weighted by molar-refractivity contribution is 0.317. The van der Waals surface area contributed by atoms with Crippen molar-refractivity contribution in [1.82, 2.24) is 10.2 Å². The molecular formula is C13H17N3OS2. The van der Waals surface area contributed by atoms with Crippen molar-refractivity contribution in [3.8, 4) is 5.75 Å². The Morgan fingerprint density at radius 1 is 1.37 bits per heavy atom. The van der Waals surface area contributed by atoms with E-state index in [2.05, 4.69) is 17.1 Å². The molecule has 19 heavy (non-hydrogen) atoms. The topological polar surface area (TPSA) is 61.0 Å². The van der Waals surface area contributed by atoms with E-state index in [1.807, 2.05) is 24.3 Å². The number of nitrogens with two attached hydrogens (primary N) is 1. The maximum absolute atomic E-state index is 6.16. The van der Waals surface area contributed by atoms with Crippen LogP contribution in [-0.4, -0.2) is 22.6 Å². The Morgan fingerprint density at radius 2 is 2.16 bits per heavy atom. The highest BCUT2D eigenvalue weighted by atomic mass is 32.2. The van der Waals surface area contributed by atoms with Crippen LogP contribution in [0.3, 0.4) is 0 Å². The fraction of sp³-hybridized carbons (Fsp3) is 0.385. The summed E-state index contributed by atoms with van der Waals surface area (Å²) in [6.07, 6.45) is 1.01. The summed E-state index contributed by atoms with van der Waals surface area (Å²) in [6, 6.07) is 7.99. The highest BCUT2D eigenvalue weighted by molar-refractivity contribution is 8.01. The molecule has 0 saturated carbocycles. The summed E-state index contributed by atoms with van der Waals surface area (Å²) < 4.78 is 6.50. The number of hydrogen-bond donors (Lipinski definition) is 1. The van der Waals surface area contributed by atoms with E-state index in [4.69, 9.17) is 10.5 Å². The largest absolute Gasteiger partial charge is 0.494 e. The van der Waals surface area contributed by atoms with Crippen LogP contribution in [0.5, 0.6) is 5.75 Å². The second-order valence-electron chi connectivity index (χ2n) is 4.04.